The summed E-state index contributed by atoms with van der Waals surface area (Å²) in [6.45, 7) is 14.7. The van der Waals surface area contributed by atoms with Crippen molar-refractivity contribution in [3.8, 4) is 0 Å². The summed E-state index contributed by atoms with van der Waals surface area (Å²) < 4.78 is 0. The molecular formula is C17H33N. The Morgan fingerprint density at radius 1 is 1.28 bits per heavy atom. The predicted molar refractivity (Wildman–Crippen MR) is 81.9 cm³/mol. The lowest BCUT2D eigenvalue weighted by molar-refractivity contribution is 0.160. The van der Waals surface area contributed by atoms with E-state index >= 15 is 0 Å². The van der Waals surface area contributed by atoms with E-state index in [0.29, 0.717) is 11.5 Å². The van der Waals surface area contributed by atoms with Crippen LogP contribution in [-0.2, 0) is 0 Å². The molecule has 1 aliphatic rings. The van der Waals surface area contributed by atoms with Crippen LogP contribution < -0.4 is 5.32 Å². The molecule has 0 bridgehead atoms. The van der Waals surface area contributed by atoms with Gasteiger partial charge in [0.25, 0.3) is 0 Å². The average molecular weight is 251 g/mol. The second-order valence-corrected chi connectivity index (χ2v) is 6.87. The molecule has 0 saturated heterocycles. The molecule has 0 aliphatic heterocycles. The molecular weight excluding hydrogens is 218 g/mol. The molecule has 0 radical (unpaired) electrons. The SMILES string of the molecule is C=C(CC)CC(NCCC)C1CCC(C)(C)CC1. The molecule has 106 valence electrons. The first kappa shape index (κ1) is 15.8. The van der Waals surface area contributed by atoms with Gasteiger partial charge in [-0.05, 0) is 62.8 Å². The largest absolute Gasteiger partial charge is 0.313 e. The van der Waals surface area contributed by atoms with Gasteiger partial charge in [0.2, 0.25) is 0 Å². The molecule has 1 rings (SSSR count). The predicted octanol–water partition coefficient (Wildman–Crippen LogP) is 4.93. The Labute approximate surface area is 114 Å². The van der Waals surface area contributed by atoms with Crippen LogP contribution in [0.15, 0.2) is 12.2 Å². The van der Waals surface area contributed by atoms with E-state index < -0.39 is 0 Å². The van der Waals surface area contributed by atoms with Crippen molar-refractivity contribution in [3.05, 3.63) is 12.2 Å². The molecule has 0 heterocycles. The summed E-state index contributed by atoms with van der Waals surface area (Å²) in [7, 11) is 0. The first-order valence-electron chi connectivity index (χ1n) is 7.88. The van der Waals surface area contributed by atoms with Crippen LogP contribution in [0.1, 0.15) is 72.6 Å². The van der Waals surface area contributed by atoms with E-state index in [2.05, 4.69) is 39.6 Å². The average Bonchev–Trinajstić information content (AvgIpc) is 2.34. The molecule has 1 N–H and O–H groups in total. The molecule has 1 fully saturated rings. The van der Waals surface area contributed by atoms with E-state index in [-0.39, 0.29) is 0 Å². The highest BCUT2D eigenvalue weighted by Crippen LogP contribution is 2.40. The van der Waals surface area contributed by atoms with Crippen LogP contribution in [-0.4, -0.2) is 12.6 Å². The van der Waals surface area contributed by atoms with Crippen molar-refractivity contribution in [2.45, 2.75) is 78.7 Å². The first-order valence-corrected chi connectivity index (χ1v) is 7.88. The van der Waals surface area contributed by atoms with Crippen LogP contribution in [0.4, 0.5) is 0 Å². The molecule has 1 heteroatoms. The van der Waals surface area contributed by atoms with E-state index in [1.165, 1.54) is 44.1 Å². The summed E-state index contributed by atoms with van der Waals surface area (Å²) in [5.74, 6) is 0.868. The summed E-state index contributed by atoms with van der Waals surface area (Å²) in [5, 5.41) is 3.77. The van der Waals surface area contributed by atoms with Crippen molar-refractivity contribution >= 4 is 0 Å². The monoisotopic (exact) mass is 251 g/mol. The Bertz CT molecular complexity index is 244. The van der Waals surface area contributed by atoms with Crippen molar-refractivity contribution < 1.29 is 0 Å². The van der Waals surface area contributed by atoms with Gasteiger partial charge >= 0.3 is 0 Å². The highest BCUT2D eigenvalue weighted by Gasteiger charge is 2.31. The van der Waals surface area contributed by atoms with E-state index in [1.54, 1.807) is 0 Å². The number of hydrogen-bond donors (Lipinski definition) is 1. The molecule has 1 saturated carbocycles. The summed E-state index contributed by atoms with van der Waals surface area (Å²) in [5.41, 5.74) is 1.99. The minimum atomic E-state index is 0.577. The van der Waals surface area contributed by atoms with Crippen LogP contribution in [0.3, 0.4) is 0 Å². The summed E-state index contributed by atoms with van der Waals surface area (Å²) in [6.07, 6.45) is 9.11. The normalized spacial score (nSPS) is 21.8. The van der Waals surface area contributed by atoms with Crippen molar-refractivity contribution in [3.63, 3.8) is 0 Å². The topological polar surface area (TPSA) is 12.0 Å². The molecule has 1 atom stereocenters. The third-order valence-corrected chi connectivity index (χ3v) is 4.62. The van der Waals surface area contributed by atoms with Crippen molar-refractivity contribution in [2.24, 2.45) is 11.3 Å². The highest BCUT2D eigenvalue weighted by molar-refractivity contribution is 4.99. The fourth-order valence-electron chi connectivity index (χ4n) is 3.01. The number of rotatable bonds is 7. The molecule has 0 aromatic heterocycles. The Hall–Kier alpha value is -0.300. The van der Waals surface area contributed by atoms with Gasteiger partial charge in [0.05, 0.1) is 0 Å². The van der Waals surface area contributed by atoms with Gasteiger partial charge in [0, 0.05) is 6.04 Å². The van der Waals surface area contributed by atoms with Gasteiger partial charge in [0.15, 0.2) is 0 Å². The Balaban J connectivity index is 2.51. The quantitative estimate of drug-likeness (QED) is 0.633. The maximum atomic E-state index is 4.20. The van der Waals surface area contributed by atoms with Gasteiger partial charge < -0.3 is 5.32 Å². The van der Waals surface area contributed by atoms with E-state index in [9.17, 15) is 0 Å². The van der Waals surface area contributed by atoms with Crippen LogP contribution in [0, 0.1) is 11.3 Å². The summed E-state index contributed by atoms with van der Waals surface area (Å²) in [4.78, 5) is 0. The van der Waals surface area contributed by atoms with E-state index in [4.69, 9.17) is 0 Å². The third kappa shape index (κ3) is 5.14. The minimum absolute atomic E-state index is 0.577. The van der Waals surface area contributed by atoms with Crippen LogP contribution >= 0.6 is 0 Å². The Morgan fingerprint density at radius 3 is 2.39 bits per heavy atom. The molecule has 0 spiro atoms. The maximum absolute atomic E-state index is 4.20. The number of hydrogen-bond acceptors (Lipinski definition) is 1. The van der Waals surface area contributed by atoms with Gasteiger partial charge in [-0.15, -0.1) is 0 Å². The lowest BCUT2D eigenvalue weighted by Gasteiger charge is -2.38. The lowest BCUT2D eigenvalue weighted by atomic mass is 9.70. The third-order valence-electron chi connectivity index (χ3n) is 4.62. The first-order chi connectivity index (χ1) is 8.48. The van der Waals surface area contributed by atoms with Crippen LogP contribution in [0.5, 0.6) is 0 Å². The van der Waals surface area contributed by atoms with Gasteiger partial charge in [-0.1, -0.05) is 39.8 Å². The van der Waals surface area contributed by atoms with Gasteiger partial charge in [-0.25, -0.2) is 0 Å². The molecule has 1 aliphatic carbocycles. The summed E-state index contributed by atoms with van der Waals surface area (Å²) in [6, 6.07) is 0.675. The zero-order valence-electron chi connectivity index (χ0n) is 13.0. The molecule has 18 heavy (non-hydrogen) atoms. The number of nitrogens with one attached hydrogen (secondary N) is 1. The van der Waals surface area contributed by atoms with Crippen LogP contribution in [0.25, 0.3) is 0 Å². The zero-order chi connectivity index (χ0) is 13.6. The molecule has 1 nitrogen and oxygen atoms in total. The molecule has 0 aromatic rings. The summed E-state index contributed by atoms with van der Waals surface area (Å²) >= 11 is 0. The standard InChI is InChI=1S/C17H33N/c1-6-12-18-16(13-14(3)7-2)15-8-10-17(4,5)11-9-15/h15-16,18H,3,6-13H2,1-2,4-5H3. The Kier molecular flexibility index (Phi) is 6.42. The fraction of sp³-hybridized carbons (Fsp3) is 0.882. The Morgan fingerprint density at radius 2 is 1.89 bits per heavy atom. The lowest BCUT2D eigenvalue weighted by Crippen LogP contribution is -2.39. The van der Waals surface area contributed by atoms with Gasteiger partial charge in [-0.2, -0.15) is 0 Å². The maximum Gasteiger partial charge on any atom is 0.0132 e. The second kappa shape index (κ2) is 7.33. The van der Waals surface area contributed by atoms with Crippen molar-refractivity contribution in [1.29, 1.82) is 0 Å². The van der Waals surface area contributed by atoms with Gasteiger partial charge in [-0.3, -0.25) is 0 Å². The van der Waals surface area contributed by atoms with E-state index in [1.807, 2.05) is 0 Å². The highest BCUT2D eigenvalue weighted by atomic mass is 14.9. The fourth-order valence-corrected chi connectivity index (χ4v) is 3.01. The van der Waals surface area contributed by atoms with Gasteiger partial charge in [0.1, 0.15) is 0 Å². The minimum Gasteiger partial charge on any atom is -0.313 e. The smallest absolute Gasteiger partial charge is 0.0132 e. The van der Waals surface area contributed by atoms with E-state index in [0.717, 1.165) is 18.9 Å². The molecule has 0 aromatic carbocycles. The van der Waals surface area contributed by atoms with Crippen LogP contribution in [0.2, 0.25) is 0 Å². The zero-order valence-corrected chi connectivity index (χ0v) is 13.0. The van der Waals surface area contributed by atoms with Crippen molar-refractivity contribution in [1.82, 2.24) is 5.32 Å². The second-order valence-electron chi connectivity index (χ2n) is 6.87. The van der Waals surface area contributed by atoms with Crippen molar-refractivity contribution in [2.75, 3.05) is 6.54 Å². The molecule has 0 amide bonds. The molecule has 1 unspecified atom stereocenters.